The van der Waals surface area contributed by atoms with Crippen LogP contribution in [0.25, 0.3) is 0 Å². The second-order valence-electron chi connectivity index (χ2n) is 4.48. The second-order valence-corrected chi connectivity index (χ2v) is 5.53. The van der Waals surface area contributed by atoms with Crippen LogP contribution < -0.4 is 0 Å². The van der Waals surface area contributed by atoms with E-state index in [2.05, 4.69) is 0 Å². The summed E-state index contributed by atoms with van der Waals surface area (Å²) in [7, 11) is 0. The average molecular weight is 303 g/mol. The quantitative estimate of drug-likeness (QED) is 0.515. The molecule has 0 saturated heterocycles. The highest BCUT2D eigenvalue weighted by molar-refractivity contribution is 7.98. The third kappa shape index (κ3) is 3.61. The van der Waals surface area contributed by atoms with E-state index < -0.39 is 10.9 Å². The minimum absolute atomic E-state index is 0.234. The Morgan fingerprint density at radius 2 is 2.00 bits per heavy atom. The Kier molecular flexibility index (Phi) is 4.59. The number of nitrogens with zero attached hydrogens (tertiary/aromatic N) is 1. The van der Waals surface area contributed by atoms with Crippen molar-refractivity contribution in [2.45, 2.75) is 17.6 Å². The van der Waals surface area contributed by atoms with Gasteiger partial charge in [-0.2, -0.15) is 0 Å². The highest BCUT2D eigenvalue weighted by Crippen LogP contribution is 2.29. The number of thioether (sulfide) groups is 1. The van der Waals surface area contributed by atoms with Crippen LogP contribution in [0.3, 0.4) is 0 Å². The molecule has 0 aromatic heterocycles. The average Bonchev–Trinajstić information content (AvgIpc) is 2.44. The van der Waals surface area contributed by atoms with Crippen LogP contribution in [0.2, 0.25) is 0 Å². The van der Waals surface area contributed by atoms with Gasteiger partial charge in [0, 0.05) is 16.7 Å². The fourth-order valence-corrected chi connectivity index (χ4v) is 2.98. The van der Waals surface area contributed by atoms with Crippen molar-refractivity contribution in [3.63, 3.8) is 0 Å². The zero-order valence-electron chi connectivity index (χ0n) is 11.3. The van der Waals surface area contributed by atoms with E-state index >= 15 is 0 Å². The van der Waals surface area contributed by atoms with Gasteiger partial charge >= 0.3 is 5.97 Å². The molecule has 0 fully saturated rings. The minimum atomic E-state index is -1.28. The van der Waals surface area contributed by atoms with Gasteiger partial charge in [0.15, 0.2) is 0 Å². The maximum absolute atomic E-state index is 11.3. The number of carboxylic acid groups (broad SMARTS) is 1. The van der Waals surface area contributed by atoms with Crippen LogP contribution in [0, 0.1) is 17.0 Å². The predicted molar refractivity (Wildman–Crippen MR) is 80.8 cm³/mol. The van der Waals surface area contributed by atoms with E-state index in [1.807, 2.05) is 31.2 Å². The molecule has 2 aromatic carbocycles. The molecule has 2 aromatic rings. The first-order chi connectivity index (χ1) is 9.99. The van der Waals surface area contributed by atoms with Gasteiger partial charge in [-0.05, 0) is 24.6 Å². The number of aryl methyl sites for hydroxylation is 1. The first kappa shape index (κ1) is 15.1. The Labute approximate surface area is 125 Å². The molecule has 0 unspecified atom stereocenters. The highest BCUT2D eigenvalue weighted by Gasteiger charge is 2.23. The largest absolute Gasteiger partial charge is 0.477 e. The van der Waals surface area contributed by atoms with Crippen LogP contribution in [0.1, 0.15) is 21.5 Å². The maximum Gasteiger partial charge on any atom is 0.343 e. The Balaban J connectivity index is 2.30. The number of benzene rings is 2. The monoisotopic (exact) mass is 303 g/mol. The van der Waals surface area contributed by atoms with Crippen LogP contribution in [0.4, 0.5) is 5.69 Å². The number of carbonyl (C=O) groups is 1. The van der Waals surface area contributed by atoms with Crippen molar-refractivity contribution in [2.24, 2.45) is 0 Å². The van der Waals surface area contributed by atoms with Crippen molar-refractivity contribution < 1.29 is 14.8 Å². The third-order valence-corrected chi connectivity index (χ3v) is 3.97. The SMILES string of the molecule is Cc1cccc(SCc2cccc([N+](=O)[O-])c2C(=O)O)c1. The first-order valence-electron chi connectivity index (χ1n) is 6.18. The van der Waals surface area contributed by atoms with E-state index in [0.717, 1.165) is 10.5 Å². The van der Waals surface area contributed by atoms with Gasteiger partial charge in [-0.25, -0.2) is 4.79 Å². The van der Waals surface area contributed by atoms with Gasteiger partial charge in [-0.15, -0.1) is 11.8 Å². The number of nitro benzene ring substituents is 1. The Hall–Kier alpha value is -2.34. The lowest BCUT2D eigenvalue weighted by Crippen LogP contribution is -2.06. The number of hydrogen-bond donors (Lipinski definition) is 1. The molecule has 21 heavy (non-hydrogen) atoms. The Morgan fingerprint density at radius 3 is 2.62 bits per heavy atom. The summed E-state index contributed by atoms with van der Waals surface area (Å²) < 4.78 is 0. The maximum atomic E-state index is 11.3. The zero-order chi connectivity index (χ0) is 15.4. The summed E-state index contributed by atoms with van der Waals surface area (Å²) in [6, 6.07) is 12.1. The van der Waals surface area contributed by atoms with Gasteiger partial charge < -0.3 is 5.11 Å². The summed E-state index contributed by atoms with van der Waals surface area (Å²) in [6.07, 6.45) is 0. The normalized spacial score (nSPS) is 10.3. The van der Waals surface area contributed by atoms with Crippen LogP contribution >= 0.6 is 11.8 Å². The fourth-order valence-electron chi connectivity index (χ4n) is 1.97. The van der Waals surface area contributed by atoms with Crippen molar-refractivity contribution in [3.05, 3.63) is 69.3 Å². The fraction of sp³-hybridized carbons (Fsp3) is 0.133. The van der Waals surface area contributed by atoms with Gasteiger partial charge in [-0.3, -0.25) is 10.1 Å². The summed E-state index contributed by atoms with van der Waals surface area (Å²) in [6.45, 7) is 1.97. The minimum Gasteiger partial charge on any atom is -0.477 e. The predicted octanol–water partition coefficient (Wildman–Crippen LogP) is 3.89. The second kappa shape index (κ2) is 6.41. The number of carboxylic acids is 1. The topological polar surface area (TPSA) is 80.4 Å². The van der Waals surface area contributed by atoms with E-state index in [0.29, 0.717) is 11.3 Å². The van der Waals surface area contributed by atoms with E-state index in [1.54, 1.807) is 6.07 Å². The molecule has 2 rings (SSSR count). The van der Waals surface area contributed by atoms with Gasteiger partial charge in [0.1, 0.15) is 5.56 Å². The van der Waals surface area contributed by atoms with Crippen LogP contribution in [-0.2, 0) is 5.75 Å². The molecule has 6 heteroatoms. The molecule has 0 spiro atoms. The van der Waals surface area contributed by atoms with Crippen LogP contribution in [-0.4, -0.2) is 16.0 Å². The summed E-state index contributed by atoms with van der Waals surface area (Å²) in [4.78, 5) is 22.6. The van der Waals surface area contributed by atoms with Crippen molar-refractivity contribution in [2.75, 3.05) is 0 Å². The molecule has 5 nitrogen and oxygen atoms in total. The summed E-state index contributed by atoms with van der Waals surface area (Å²) >= 11 is 1.45. The smallest absolute Gasteiger partial charge is 0.343 e. The van der Waals surface area contributed by atoms with Crippen LogP contribution in [0.15, 0.2) is 47.4 Å². The van der Waals surface area contributed by atoms with E-state index in [9.17, 15) is 20.0 Å². The Bertz CT molecular complexity index is 700. The molecule has 108 valence electrons. The molecule has 0 atom stereocenters. The number of rotatable bonds is 5. The molecule has 0 saturated carbocycles. The first-order valence-corrected chi connectivity index (χ1v) is 7.16. The Morgan fingerprint density at radius 1 is 1.29 bits per heavy atom. The van der Waals surface area contributed by atoms with Gasteiger partial charge in [0.05, 0.1) is 4.92 Å². The molecule has 0 heterocycles. The molecular weight excluding hydrogens is 290 g/mol. The van der Waals surface area contributed by atoms with E-state index in [-0.39, 0.29) is 11.3 Å². The number of nitro groups is 1. The molecule has 0 aliphatic carbocycles. The molecule has 0 radical (unpaired) electrons. The lowest BCUT2D eigenvalue weighted by Gasteiger charge is -2.07. The third-order valence-electron chi connectivity index (χ3n) is 2.92. The lowest BCUT2D eigenvalue weighted by molar-refractivity contribution is -0.385. The molecule has 0 bridgehead atoms. The summed E-state index contributed by atoms with van der Waals surface area (Å²) in [5.74, 6) is -0.908. The number of aromatic carboxylic acids is 1. The summed E-state index contributed by atoms with van der Waals surface area (Å²) in [5.41, 5.74) is 0.952. The summed E-state index contributed by atoms with van der Waals surface area (Å²) in [5, 5.41) is 20.2. The molecule has 0 amide bonds. The van der Waals surface area contributed by atoms with Gasteiger partial charge in [0.2, 0.25) is 0 Å². The lowest BCUT2D eigenvalue weighted by atomic mass is 10.1. The zero-order valence-corrected chi connectivity index (χ0v) is 12.1. The van der Waals surface area contributed by atoms with Crippen molar-refractivity contribution >= 4 is 23.4 Å². The van der Waals surface area contributed by atoms with Gasteiger partial charge in [0.25, 0.3) is 5.69 Å². The standard InChI is InChI=1S/C15H13NO4S/c1-10-4-2-6-12(8-10)21-9-11-5-3-7-13(16(19)20)14(11)15(17)18/h2-8H,9H2,1H3,(H,17,18). The van der Waals surface area contributed by atoms with Crippen molar-refractivity contribution in [3.8, 4) is 0 Å². The van der Waals surface area contributed by atoms with Gasteiger partial charge in [-0.1, -0.05) is 29.8 Å². The van der Waals surface area contributed by atoms with Crippen LogP contribution in [0.5, 0.6) is 0 Å². The van der Waals surface area contributed by atoms with E-state index in [1.165, 1.54) is 23.9 Å². The highest BCUT2D eigenvalue weighted by atomic mass is 32.2. The number of hydrogen-bond acceptors (Lipinski definition) is 4. The van der Waals surface area contributed by atoms with E-state index in [4.69, 9.17) is 0 Å². The molecule has 0 aliphatic rings. The molecule has 0 aliphatic heterocycles. The molecular formula is C15H13NO4S. The van der Waals surface area contributed by atoms with Crippen molar-refractivity contribution in [1.82, 2.24) is 0 Å². The molecule has 1 N–H and O–H groups in total. The van der Waals surface area contributed by atoms with Crippen molar-refractivity contribution in [1.29, 1.82) is 0 Å².